The van der Waals surface area contributed by atoms with Crippen LogP contribution in [-0.4, -0.2) is 29.6 Å². The molecule has 3 amide bonds. The summed E-state index contributed by atoms with van der Waals surface area (Å²) in [5, 5.41) is 2.44. The molecule has 1 saturated carbocycles. The second-order valence-electron chi connectivity index (χ2n) is 5.25. The Labute approximate surface area is 117 Å². The van der Waals surface area contributed by atoms with E-state index in [9.17, 15) is 9.59 Å². The molecule has 3 rings (SSSR count). The summed E-state index contributed by atoms with van der Waals surface area (Å²) in [7, 11) is 1.54. The van der Waals surface area contributed by atoms with Crippen LogP contribution in [0.2, 0.25) is 0 Å². The molecule has 1 aliphatic heterocycles. The fraction of sp³-hybridized carbons (Fsp3) is 0.500. The third-order valence-corrected chi connectivity index (χ3v) is 4.14. The molecule has 0 bridgehead atoms. The number of urea groups is 1. The van der Waals surface area contributed by atoms with Gasteiger partial charge in [0.2, 0.25) is 5.88 Å². The lowest BCUT2D eigenvalue weighted by atomic mass is 9.80. The van der Waals surface area contributed by atoms with Crippen LogP contribution in [0, 0.1) is 0 Å². The maximum Gasteiger partial charge on any atom is 0.329 e. The van der Waals surface area contributed by atoms with E-state index in [1.807, 2.05) is 0 Å². The summed E-state index contributed by atoms with van der Waals surface area (Å²) in [4.78, 5) is 30.1. The fourth-order valence-electron chi connectivity index (χ4n) is 3.14. The number of hydrogen-bond donors (Lipinski definition) is 1. The van der Waals surface area contributed by atoms with Gasteiger partial charge in [-0.25, -0.2) is 9.78 Å². The van der Waals surface area contributed by atoms with Crippen molar-refractivity contribution in [2.24, 2.45) is 0 Å². The van der Waals surface area contributed by atoms with Crippen LogP contribution in [-0.2, 0) is 4.79 Å². The van der Waals surface area contributed by atoms with Crippen molar-refractivity contribution >= 4 is 17.6 Å². The first-order chi connectivity index (χ1) is 9.67. The van der Waals surface area contributed by atoms with Crippen LogP contribution in [0.4, 0.5) is 10.5 Å². The molecule has 1 N–H and O–H groups in total. The molecule has 0 aromatic carbocycles. The number of hydrogen-bond acceptors (Lipinski definition) is 4. The van der Waals surface area contributed by atoms with Gasteiger partial charge in [0, 0.05) is 6.07 Å². The van der Waals surface area contributed by atoms with Gasteiger partial charge in [0.05, 0.1) is 19.0 Å². The quantitative estimate of drug-likeness (QED) is 0.836. The van der Waals surface area contributed by atoms with E-state index in [1.54, 1.807) is 23.2 Å². The maximum atomic E-state index is 12.2. The van der Waals surface area contributed by atoms with Crippen LogP contribution in [0.15, 0.2) is 18.3 Å². The summed E-state index contributed by atoms with van der Waals surface area (Å²) >= 11 is 0. The number of amides is 3. The van der Waals surface area contributed by atoms with Crippen molar-refractivity contribution in [3.8, 4) is 5.88 Å². The third kappa shape index (κ3) is 1.83. The highest BCUT2D eigenvalue weighted by molar-refractivity contribution is 6.16. The number of carbonyl (C=O) groups is 2. The minimum atomic E-state index is -0.731. The molecule has 1 aliphatic carbocycles. The largest absolute Gasteiger partial charge is 0.481 e. The summed E-state index contributed by atoms with van der Waals surface area (Å²) in [6.07, 6.45) is 6.01. The molecule has 0 atom stereocenters. The molecule has 6 heteroatoms. The molecule has 0 radical (unpaired) electrons. The first-order valence-corrected chi connectivity index (χ1v) is 6.83. The lowest BCUT2D eigenvalue weighted by molar-refractivity contribution is -0.124. The molecule has 2 fully saturated rings. The fourth-order valence-corrected chi connectivity index (χ4v) is 3.14. The Bertz CT molecular complexity index is 535. The van der Waals surface area contributed by atoms with Gasteiger partial charge in [-0.05, 0) is 18.9 Å². The van der Waals surface area contributed by atoms with Crippen molar-refractivity contribution in [1.29, 1.82) is 0 Å². The molecular formula is C14H17N3O3. The third-order valence-electron chi connectivity index (χ3n) is 4.14. The van der Waals surface area contributed by atoms with E-state index < -0.39 is 5.54 Å². The number of ether oxygens (including phenoxy) is 1. The molecule has 1 spiro atoms. The number of anilines is 1. The topological polar surface area (TPSA) is 71.5 Å². The second-order valence-corrected chi connectivity index (χ2v) is 5.25. The van der Waals surface area contributed by atoms with Crippen molar-refractivity contribution in [2.45, 2.75) is 37.6 Å². The summed E-state index contributed by atoms with van der Waals surface area (Å²) in [5.74, 6) is 0.301. The van der Waals surface area contributed by atoms with E-state index >= 15 is 0 Å². The van der Waals surface area contributed by atoms with Crippen LogP contribution in [0.1, 0.15) is 32.1 Å². The molecular weight excluding hydrogens is 258 g/mol. The standard InChI is InChI=1S/C14H17N3O3/c1-20-11-6-5-10(9-15-11)17-13(19)16-12(18)14(17)7-3-2-4-8-14/h5-6,9H,2-4,7-8H2,1H3,(H,16,18,19). The Kier molecular flexibility index (Phi) is 3.08. The highest BCUT2D eigenvalue weighted by Gasteiger charge is 2.53. The van der Waals surface area contributed by atoms with Gasteiger partial charge in [-0.1, -0.05) is 19.3 Å². The summed E-state index contributed by atoms with van der Waals surface area (Å²) in [6.45, 7) is 0. The molecule has 1 aromatic heterocycles. The number of methoxy groups -OCH3 is 1. The van der Waals surface area contributed by atoms with Gasteiger partial charge in [0.15, 0.2) is 0 Å². The zero-order valence-electron chi connectivity index (χ0n) is 11.4. The van der Waals surface area contributed by atoms with E-state index in [0.717, 1.165) is 19.3 Å². The molecule has 2 heterocycles. The van der Waals surface area contributed by atoms with Gasteiger partial charge in [-0.15, -0.1) is 0 Å². The molecule has 2 aliphatic rings. The number of nitrogens with one attached hydrogen (secondary N) is 1. The number of pyridine rings is 1. The van der Waals surface area contributed by atoms with E-state index in [2.05, 4.69) is 10.3 Å². The lowest BCUT2D eigenvalue weighted by Crippen LogP contribution is -2.51. The molecule has 0 unspecified atom stereocenters. The Morgan fingerprint density at radius 3 is 2.60 bits per heavy atom. The van der Waals surface area contributed by atoms with Crippen molar-refractivity contribution in [3.63, 3.8) is 0 Å². The molecule has 1 saturated heterocycles. The average Bonchev–Trinajstić information content (AvgIpc) is 2.71. The highest BCUT2D eigenvalue weighted by atomic mass is 16.5. The maximum absolute atomic E-state index is 12.2. The Morgan fingerprint density at radius 1 is 1.25 bits per heavy atom. The van der Waals surface area contributed by atoms with Crippen LogP contribution in [0.25, 0.3) is 0 Å². The first-order valence-electron chi connectivity index (χ1n) is 6.83. The van der Waals surface area contributed by atoms with Crippen LogP contribution < -0.4 is 15.0 Å². The summed E-state index contributed by atoms with van der Waals surface area (Å²) in [5.41, 5.74) is -0.0953. The smallest absolute Gasteiger partial charge is 0.329 e. The van der Waals surface area contributed by atoms with Gasteiger partial charge >= 0.3 is 6.03 Å². The average molecular weight is 275 g/mol. The SMILES string of the molecule is COc1ccc(N2C(=O)NC(=O)C23CCCCC3)cn1. The molecule has 1 aromatic rings. The summed E-state index contributed by atoms with van der Waals surface area (Å²) in [6, 6.07) is 3.10. The zero-order chi connectivity index (χ0) is 14.2. The summed E-state index contributed by atoms with van der Waals surface area (Å²) < 4.78 is 5.02. The zero-order valence-corrected chi connectivity index (χ0v) is 11.4. The highest BCUT2D eigenvalue weighted by Crippen LogP contribution is 2.40. The van der Waals surface area contributed by atoms with Crippen molar-refractivity contribution in [1.82, 2.24) is 10.3 Å². The lowest BCUT2D eigenvalue weighted by Gasteiger charge is -2.37. The van der Waals surface area contributed by atoms with E-state index in [-0.39, 0.29) is 11.9 Å². The Balaban J connectivity index is 1.99. The molecule has 106 valence electrons. The van der Waals surface area contributed by atoms with Crippen LogP contribution in [0.3, 0.4) is 0 Å². The normalized spacial score (nSPS) is 21.1. The number of rotatable bonds is 2. The monoisotopic (exact) mass is 275 g/mol. The molecule has 20 heavy (non-hydrogen) atoms. The predicted molar refractivity (Wildman–Crippen MR) is 72.6 cm³/mol. The van der Waals surface area contributed by atoms with Crippen molar-refractivity contribution < 1.29 is 14.3 Å². The number of nitrogens with zero attached hydrogens (tertiary/aromatic N) is 2. The minimum absolute atomic E-state index is 0.182. The van der Waals surface area contributed by atoms with Gasteiger partial charge in [0.25, 0.3) is 5.91 Å². The van der Waals surface area contributed by atoms with Crippen LogP contribution >= 0.6 is 0 Å². The Morgan fingerprint density at radius 2 is 2.00 bits per heavy atom. The predicted octanol–water partition coefficient (Wildman–Crippen LogP) is 1.85. The second kappa shape index (κ2) is 4.77. The van der Waals surface area contributed by atoms with Gasteiger partial charge < -0.3 is 4.74 Å². The van der Waals surface area contributed by atoms with E-state index in [0.29, 0.717) is 24.4 Å². The van der Waals surface area contributed by atoms with E-state index in [4.69, 9.17) is 4.74 Å². The van der Waals surface area contributed by atoms with Gasteiger partial charge in [-0.2, -0.15) is 0 Å². The van der Waals surface area contributed by atoms with Gasteiger partial charge in [0.1, 0.15) is 5.54 Å². The number of aromatic nitrogens is 1. The van der Waals surface area contributed by atoms with Crippen molar-refractivity contribution in [2.75, 3.05) is 12.0 Å². The van der Waals surface area contributed by atoms with E-state index in [1.165, 1.54) is 7.11 Å². The number of carbonyl (C=O) groups excluding carboxylic acids is 2. The first kappa shape index (κ1) is 12.9. The van der Waals surface area contributed by atoms with Crippen LogP contribution in [0.5, 0.6) is 5.88 Å². The molecule has 6 nitrogen and oxygen atoms in total. The minimum Gasteiger partial charge on any atom is -0.481 e. The number of imide groups is 1. The van der Waals surface area contributed by atoms with Crippen molar-refractivity contribution in [3.05, 3.63) is 18.3 Å². The van der Waals surface area contributed by atoms with Gasteiger partial charge in [-0.3, -0.25) is 15.0 Å². The Hall–Kier alpha value is -2.11.